The lowest BCUT2D eigenvalue weighted by Crippen LogP contribution is -2.31. The molecule has 4 heteroatoms. The van der Waals surface area contributed by atoms with Crippen LogP contribution in [0.15, 0.2) is 61.1 Å². The number of rotatable bonds is 7. The lowest BCUT2D eigenvalue weighted by Gasteiger charge is -2.25. The van der Waals surface area contributed by atoms with Crippen LogP contribution in [-0.4, -0.2) is 32.8 Å². The highest BCUT2D eigenvalue weighted by molar-refractivity contribution is 5.27. The Bertz CT molecular complexity index is 795. The summed E-state index contributed by atoms with van der Waals surface area (Å²) in [4.78, 5) is 6.89. The van der Waals surface area contributed by atoms with Crippen molar-refractivity contribution in [3.05, 3.63) is 83.4 Å². The third kappa shape index (κ3) is 4.77. The van der Waals surface area contributed by atoms with Gasteiger partial charge in [-0.3, -0.25) is 14.6 Å². The van der Waals surface area contributed by atoms with E-state index in [-0.39, 0.29) is 0 Å². The maximum absolute atomic E-state index is 4.50. The van der Waals surface area contributed by atoms with Gasteiger partial charge in [0.05, 0.1) is 6.54 Å². The molecule has 0 aliphatic carbocycles. The van der Waals surface area contributed by atoms with Crippen molar-refractivity contribution >= 4 is 0 Å². The lowest BCUT2D eigenvalue weighted by atomic mass is 10.0. The van der Waals surface area contributed by atoms with Gasteiger partial charge in [-0.25, -0.2) is 0 Å². The summed E-state index contributed by atoms with van der Waals surface area (Å²) >= 11 is 0. The van der Waals surface area contributed by atoms with E-state index in [1.54, 1.807) is 0 Å². The Balaban J connectivity index is 1.67. The summed E-state index contributed by atoms with van der Waals surface area (Å²) < 4.78 is 1.97. The van der Waals surface area contributed by atoms with Gasteiger partial charge in [-0.1, -0.05) is 24.3 Å². The summed E-state index contributed by atoms with van der Waals surface area (Å²) in [6.45, 7) is 6.11. The predicted octanol–water partition coefficient (Wildman–Crippen LogP) is 3.70. The molecule has 0 spiro atoms. The van der Waals surface area contributed by atoms with Gasteiger partial charge in [-0.15, -0.1) is 0 Å². The number of nitrogens with zero attached hydrogens (tertiary/aromatic N) is 4. The van der Waals surface area contributed by atoms with Crippen LogP contribution in [0.1, 0.15) is 29.3 Å². The van der Waals surface area contributed by atoms with Crippen molar-refractivity contribution in [1.82, 2.24) is 19.7 Å². The highest BCUT2D eigenvalue weighted by Crippen LogP contribution is 2.15. The minimum Gasteiger partial charge on any atom is -0.299 e. The second-order valence-electron chi connectivity index (χ2n) is 6.77. The summed E-state index contributed by atoms with van der Waals surface area (Å²) in [5.74, 6) is 0. The van der Waals surface area contributed by atoms with Crippen LogP contribution in [0.2, 0.25) is 0 Å². The Kier molecular flexibility index (Phi) is 5.61. The van der Waals surface area contributed by atoms with Crippen molar-refractivity contribution in [2.75, 3.05) is 7.05 Å². The van der Waals surface area contributed by atoms with Crippen LogP contribution in [0, 0.1) is 6.92 Å². The predicted molar refractivity (Wildman–Crippen MR) is 101 cm³/mol. The second-order valence-corrected chi connectivity index (χ2v) is 6.77. The molecule has 0 radical (unpaired) electrons. The van der Waals surface area contributed by atoms with E-state index in [1.807, 2.05) is 35.4 Å². The molecule has 4 nitrogen and oxygen atoms in total. The number of aromatic nitrogens is 3. The molecular formula is C21H26N4. The van der Waals surface area contributed by atoms with Crippen molar-refractivity contribution < 1.29 is 0 Å². The van der Waals surface area contributed by atoms with E-state index in [2.05, 4.69) is 66.2 Å². The zero-order valence-electron chi connectivity index (χ0n) is 15.3. The minimum atomic E-state index is 0.423. The van der Waals surface area contributed by atoms with Gasteiger partial charge in [0.1, 0.15) is 0 Å². The van der Waals surface area contributed by atoms with Gasteiger partial charge in [0.15, 0.2) is 0 Å². The Labute approximate surface area is 150 Å². The van der Waals surface area contributed by atoms with Gasteiger partial charge in [0, 0.05) is 43.3 Å². The fourth-order valence-corrected chi connectivity index (χ4v) is 3.03. The molecule has 0 aliphatic rings. The first-order valence-corrected chi connectivity index (χ1v) is 8.78. The van der Waals surface area contributed by atoms with Crippen molar-refractivity contribution in [1.29, 1.82) is 0 Å². The van der Waals surface area contributed by atoms with Crippen molar-refractivity contribution in [3.8, 4) is 0 Å². The molecule has 3 rings (SSSR count). The van der Waals surface area contributed by atoms with Gasteiger partial charge >= 0.3 is 0 Å². The van der Waals surface area contributed by atoms with Crippen LogP contribution < -0.4 is 0 Å². The molecule has 3 aromatic rings. The smallest absolute Gasteiger partial charge is 0.0662 e. The van der Waals surface area contributed by atoms with Crippen molar-refractivity contribution in [2.24, 2.45) is 0 Å². The molecule has 0 aliphatic heterocycles. The fraction of sp³-hybridized carbons (Fsp3) is 0.333. The molecule has 0 fully saturated rings. The summed E-state index contributed by atoms with van der Waals surface area (Å²) in [5, 5.41) is 4.33. The highest BCUT2D eigenvalue weighted by atomic mass is 15.3. The number of hydrogen-bond acceptors (Lipinski definition) is 3. The number of benzene rings is 1. The molecule has 0 unspecified atom stereocenters. The van der Waals surface area contributed by atoms with Crippen LogP contribution in [0.3, 0.4) is 0 Å². The molecule has 25 heavy (non-hydrogen) atoms. The third-order valence-electron chi connectivity index (χ3n) is 4.66. The second kappa shape index (κ2) is 8.08. The van der Waals surface area contributed by atoms with Crippen LogP contribution >= 0.6 is 0 Å². The third-order valence-corrected chi connectivity index (χ3v) is 4.66. The summed E-state index contributed by atoms with van der Waals surface area (Å²) in [5.41, 5.74) is 5.09. The van der Waals surface area contributed by atoms with Gasteiger partial charge in [-0.2, -0.15) is 5.10 Å². The zero-order chi connectivity index (χ0) is 17.6. The van der Waals surface area contributed by atoms with E-state index in [4.69, 9.17) is 0 Å². The van der Waals surface area contributed by atoms with E-state index in [1.165, 1.54) is 16.7 Å². The first-order valence-electron chi connectivity index (χ1n) is 8.78. The van der Waals surface area contributed by atoms with E-state index in [0.717, 1.165) is 25.2 Å². The lowest BCUT2D eigenvalue weighted by molar-refractivity contribution is 0.246. The number of hydrogen-bond donors (Lipinski definition) is 0. The summed E-state index contributed by atoms with van der Waals surface area (Å²) in [7, 11) is 2.19. The number of aryl methyl sites for hydroxylation is 1. The Hall–Kier alpha value is -2.46. The molecule has 1 atom stereocenters. The molecule has 0 saturated heterocycles. The maximum atomic E-state index is 4.50. The quantitative estimate of drug-likeness (QED) is 0.661. The topological polar surface area (TPSA) is 34.0 Å². The SMILES string of the molecule is Cc1ccnc(C[C@@H](C)N(C)Cc2ccccc2Cn2cccn2)c1. The average molecular weight is 334 g/mol. The van der Waals surface area contributed by atoms with Gasteiger partial charge in [-0.05, 0) is 55.8 Å². The normalized spacial score (nSPS) is 12.5. The molecule has 2 aromatic heterocycles. The molecule has 2 heterocycles. The Morgan fingerprint density at radius 1 is 1.08 bits per heavy atom. The zero-order valence-corrected chi connectivity index (χ0v) is 15.3. The first kappa shape index (κ1) is 17.4. The average Bonchev–Trinajstić information content (AvgIpc) is 3.09. The summed E-state index contributed by atoms with van der Waals surface area (Å²) in [6, 6.07) is 15.2. The van der Waals surface area contributed by atoms with Crippen LogP contribution in [-0.2, 0) is 19.5 Å². The fourth-order valence-electron chi connectivity index (χ4n) is 3.03. The van der Waals surface area contributed by atoms with Crippen molar-refractivity contribution in [2.45, 2.75) is 39.4 Å². The van der Waals surface area contributed by atoms with Crippen LogP contribution in [0.25, 0.3) is 0 Å². The van der Waals surface area contributed by atoms with E-state index in [0.29, 0.717) is 6.04 Å². The first-order chi connectivity index (χ1) is 12.1. The molecule has 0 amide bonds. The largest absolute Gasteiger partial charge is 0.299 e. The van der Waals surface area contributed by atoms with E-state index in [9.17, 15) is 0 Å². The Morgan fingerprint density at radius 3 is 2.60 bits per heavy atom. The Morgan fingerprint density at radius 2 is 1.88 bits per heavy atom. The standard InChI is InChI=1S/C21H26N4/c1-17-9-11-22-21(13-17)14-18(2)24(3)15-19-7-4-5-8-20(19)16-25-12-6-10-23-25/h4-13,18H,14-16H2,1-3H3/t18-/m1/s1. The minimum absolute atomic E-state index is 0.423. The molecule has 0 bridgehead atoms. The summed E-state index contributed by atoms with van der Waals surface area (Å²) in [6.07, 6.45) is 6.69. The van der Waals surface area contributed by atoms with Crippen molar-refractivity contribution in [3.63, 3.8) is 0 Å². The number of pyridine rings is 1. The van der Waals surface area contributed by atoms with E-state index >= 15 is 0 Å². The van der Waals surface area contributed by atoms with Gasteiger partial charge in [0.2, 0.25) is 0 Å². The molecular weight excluding hydrogens is 308 g/mol. The maximum Gasteiger partial charge on any atom is 0.0662 e. The number of likely N-dealkylation sites (N-methyl/N-ethyl adjacent to an activating group) is 1. The van der Waals surface area contributed by atoms with E-state index < -0.39 is 0 Å². The molecule has 1 aromatic carbocycles. The molecule has 0 N–H and O–H groups in total. The van der Waals surface area contributed by atoms with Gasteiger partial charge in [0.25, 0.3) is 0 Å². The molecule has 130 valence electrons. The van der Waals surface area contributed by atoms with Crippen LogP contribution in [0.5, 0.6) is 0 Å². The monoisotopic (exact) mass is 334 g/mol. The molecule has 0 saturated carbocycles. The highest BCUT2D eigenvalue weighted by Gasteiger charge is 2.13. The van der Waals surface area contributed by atoms with Gasteiger partial charge < -0.3 is 0 Å². The van der Waals surface area contributed by atoms with Crippen LogP contribution in [0.4, 0.5) is 0 Å².